The summed E-state index contributed by atoms with van der Waals surface area (Å²) in [5.74, 6) is -1.34. The van der Waals surface area contributed by atoms with Crippen LogP contribution in [0.25, 0.3) is 0 Å². The second-order valence-electron chi connectivity index (χ2n) is 4.86. The molecule has 25 heavy (non-hydrogen) atoms. The van der Waals surface area contributed by atoms with Crippen LogP contribution in [-0.2, 0) is 9.53 Å². The number of hydrogen-bond donors (Lipinski definition) is 2. The van der Waals surface area contributed by atoms with E-state index in [1.54, 1.807) is 7.05 Å². The topological polar surface area (TPSA) is 76.7 Å². The van der Waals surface area contributed by atoms with E-state index in [9.17, 15) is 22.8 Å². The second kappa shape index (κ2) is 10.8. The summed E-state index contributed by atoms with van der Waals surface area (Å²) < 4.78 is 46.3. The third-order valence-corrected chi connectivity index (χ3v) is 2.90. The predicted molar refractivity (Wildman–Crippen MR) is 88.4 cm³/mol. The number of rotatable bonds is 8. The van der Waals surface area contributed by atoms with E-state index in [4.69, 9.17) is 4.74 Å². The highest BCUT2D eigenvalue weighted by Gasteiger charge is 2.29. The Morgan fingerprint density at radius 2 is 1.92 bits per heavy atom. The monoisotopic (exact) mass is 384 g/mol. The lowest BCUT2D eigenvalue weighted by atomic mass is 10.2. The minimum Gasteiger partial charge on any atom is -0.482 e. The first-order valence-electron chi connectivity index (χ1n) is 7.13. The smallest absolute Gasteiger partial charge is 0.422 e. The van der Waals surface area contributed by atoms with E-state index in [0.29, 0.717) is 13.0 Å². The molecule has 0 bridgehead atoms. The molecule has 0 heterocycles. The van der Waals surface area contributed by atoms with Crippen LogP contribution in [0.4, 0.5) is 18.9 Å². The Morgan fingerprint density at radius 1 is 1.24 bits per heavy atom. The lowest BCUT2D eigenvalue weighted by Crippen LogP contribution is -2.21. The molecule has 6 nitrogen and oxygen atoms in total. The Kier molecular flexibility index (Phi) is 9.92. The van der Waals surface area contributed by atoms with E-state index >= 15 is 0 Å². The molecule has 1 amide bonds. The molecule has 0 aliphatic heterocycles. The van der Waals surface area contributed by atoms with Crippen LogP contribution < -0.4 is 15.4 Å². The van der Waals surface area contributed by atoms with Gasteiger partial charge in [-0.15, -0.1) is 12.4 Å². The fourth-order valence-corrected chi connectivity index (χ4v) is 1.79. The molecular formula is C15H20ClF3N2O4. The average molecular weight is 385 g/mol. The maximum absolute atomic E-state index is 12.4. The molecular weight excluding hydrogens is 365 g/mol. The summed E-state index contributed by atoms with van der Waals surface area (Å²) in [5, 5.41) is 5.36. The third-order valence-electron chi connectivity index (χ3n) is 2.90. The number of ether oxygens (including phenoxy) is 2. The summed E-state index contributed by atoms with van der Waals surface area (Å²) in [6.07, 6.45) is -3.78. The Labute approximate surface area is 149 Å². The van der Waals surface area contributed by atoms with E-state index in [-0.39, 0.29) is 41.7 Å². The number of amides is 1. The molecule has 1 aromatic rings. The summed E-state index contributed by atoms with van der Waals surface area (Å²) in [6.45, 7) is -0.910. The van der Waals surface area contributed by atoms with Gasteiger partial charge in [0.15, 0.2) is 6.61 Å². The molecule has 10 heteroatoms. The first-order chi connectivity index (χ1) is 11.3. The molecule has 0 fully saturated rings. The summed E-state index contributed by atoms with van der Waals surface area (Å²) >= 11 is 0. The van der Waals surface area contributed by atoms with Gasteiger partial charge in [-0.25, -0.2) is 4.79 Å². The van der Waals surface area contributed by atoms with Crippen LogP contribution in [0.1, 0.15) is 23.2 Å². The van der Waals surface area contributed by atoms with E-state index < -0.39 is 18.8 Å². The third kappa shape index (κ3) is 8.59. The van der Waals surface area contributed by atoms with E-state index in [1.165, 1.54) is 12.1 Å². The minimum atomic E-state index is -4.55. The number of carbonyl (C=O) groups is 2. The number of nitrogens with one attached hydrogen (secondary N) is 2. The van der Waals surface area contributed by atoms with Crippen LogP contribution in [0, 0.1) is 0 Å². The summed E-state index contributed by atoms with van der Waals surface area (Å²) in [5.41, 5.74) is 0.0733. The second-order valence-corrected chi connectivity index (χ2v) is 4.86. The molecule has 0 saturated carbocycles. The SMILES string of the molecule is CNCCCC(=O)Nc1ccc(C(=O)OC)cc1OCC(F)(F)F.Cl. The zero-order valence-electron chi connectivity index (χ0n) is 13.7. The van der Waals surface area contributed by atoms with Gasteiger partial charge in [0.05, 0.1) is 18.4 Å². The summed E-state index contributed by atoms with van der Waals surface area (Å²) in [6, 6.07) is 3.73. The van der Waals surface area contributed by atoms with Crippen molar-refractivity contribution in [3.05, 3.63) is 23.8 Å². The number of halogens is 4. The summed E-state index contributed by atoms with van der Waals surface area (Å²) in [7, 11) is 2.89. The van der Waals surface area contributed by atoms with Gasteiger partial charge in [0.25, 0.3) is 0 Å². The molecule has 0 radical (unpaired) electrons. The average Bonchev–Trinajstić information content (AvgIpc) is 2.52. The summed E-state index contributed by atoms with van der Waals surface area (Å²) in [4.78, 5) is 23.3. The fourth-order valence-electron chi connectivity index (χ4n) is 1.79. The lowest BCUT2D eigenvalue weighted by Gasteiger charge is -2.15. The highest BCUT2D eigenvalue weighted by Crippen LogP contribution is 2.28. The van der Waals surface area contributed by atoms with Crippen LogP contribution in [-0.4, -0.2) is 45.4 Å². The number of esters is 1. The van der Waals surface area contributed by atoms with Crippen molar-refractivity contribution in [3.63, 3.8) is 0 Å². The zero-order valence-corrected chi connectivity index (χ0v) is 14.6. The quantitative estimate of drug-likeness (QED) is 0.532. The number of methoxy groups -OCH3 is 1. The molecule has 1 rings (SSSR count). The van der Waals surface area contributed by atoms with Crippen LogP contribution in [0.15, 0.2) is 18.2 Å². The number of alkyl halides is 3. The van der Waals surface area contributed by atoms with E-state index in [2.05, 4.69) is 15.4 Å². The highest BCUT2D eigenvalue weighted by molar-refractivity contribution is 5.95. The van der Waals surface area contributed by atoms with Gasteiger partial charge >= 0.3 is 12.1 Å². The van der Waals surface area contributed by atoms with Gasteiger partial charge in [0.1, 0.15) is 5.75 Å². The van der Waals surface area contributed by atoms with Crippen LogP contribution in [0.5, 0.6) is 5.75 Å². The van der Waals surface area contributed by atoms with Crippen molar-refractivity contribution in [1.29, 1.82) is 0 Å². The molecule has 142 valence electrons. The van der Waals surface area contributed by atoms with Crippen molar-refractivity contribution in [2.75, 3.05) is 32.6 Å². The number of anilines is 1. The lowest BCUT2D eigenvalue weighted by molar-refractivity contribution is -0.153. The first-order valence-corrected chi connectivity index (χ1v) is 7.13. The highest BCUT2D eigenvalue weighted by atomic mass is 35.5. The van der Waals surface area contributed by atoms with Gasteiger partial charge in [-0.05, 0) is 38.2 Å². The van der Waals surface area contributed by atoms with Crippen molar-refractivity contribution >= 4 is 30.0 Å². The molecule has 0 saturated heterocycles. The van der Waals surface area contributed by atoms with Crippen molar-refractivity contribution in [2.24, 2.45) is 0 Å². The Hall–Kier alpha value is -2.00. The normalized spacial score (nSPS) is 10.6. The van der Waals surface area contributed by atoms with Gasteiger partial charge in [0, 0.05) is 6.42 Å². The van der Waals surface area contributed by atoms with Crippen LogP contribution in [0.3, 0.4) is 0 Å². The standard InChI is InChI=1S/C15H19F3N2O4.ClH/c1-19-7-3-4-13(21)20-11-6-5-10(14(22)23-2)8-12(11)24-9-15(16,17)18;/h5-6,8,19H,3-4,7,9H2,1-2H3,(H,20,21);1H. The number of carbonyl (C=O) groups excluding carboxylic acids is 2. The predicted octanol–water partition coefficient (Wildman–Crippen LogP) is 2.77. The Morgan fingerprint density at radius 3 is 2.48 bits per heavy atom. The molecule has 0 spiro atoms. The maximum atomic E-state index is 12.4. The van der Waals surface area contributed by atoms with Gasteiger partial charge < -0.3 is 20.1 Å². The van der Waals surface area contributed by atoms with Gasteiger partial charge in [0.2, 0.25) is 5.91 Å². The molecule has 0 unspecified atom stereocenters. The van der Waals surface area contributed by atoms with Crippen LogP contribution in [0.2, 0.25) is 0 Å². The van der Waals surface area contributed by atoms with Gasteiger partial charge in [-0.1, -0.05) is 0 Å². The molecule has 2 N–H and O–H groups in total. The van der Waals surface area contributed by atoms with Crippen molar-refractivity contribution in [3.8, 4) is 5.75 Å². The Bertz CT molecular complexity index is 582. The van der Waals surface area contributed by atoms with E-state index in [1.807, 2.05) is 0 Å². The van der Waals surface area contributed by atoms with Crippen molar-refractivity contribution < 1.29 is 32.2 Å². The molecule has 0 aliphatic rings. The molecule has 1 aromatic carbocycles. The van der Waals surface area contributed by atoms with Gasteiger partial charge in [-0.3, -0.25) is 4.79 Å². The van der Waals surface area contributed by atoms with E-state index in [0.717, 1.165) is 13.2 Å². The first kappa shape index (κ1) is 23.0. The maximum Gasteiger partial charge on any atom is 0.422 e. The van der Waals surface area contributed by atoms with Crippen molar-refractivity contribution in [2.45, 2.75) is 19.0 Å². The van der Waals surface area contributed by atoms with Crippen LogP contribution >= 0.6 is 12.4 Å². The van der Waals surface area contributed by atoms with Gasteiger partial charge in [-0.2, -0.15) is 13.2 Å². The molecule has 0 aliphatic carbocycles. The fraction of sp³-hybridized carbons (Fsp3) is 0.467. The number of benzene rings is 1. The molecule has 0 atom stereocenters. The number of hydrogen-bond acceptors (Lipinski definition) is 5. The minimum absolute atomic E-state index is 0. The largest absolute Gasteiger partial charge is 0.482 e. The zero-order chi connectivity index (χ0) is 18.2. The Balaban J connectivity index is 0.00000576. The molecule has 0 aromatic heterocycles. The van der Waals surface area contributed by atoms with Crippen molar-refractivity contribution in [1.82, 2.24) is 5.32 Å².